The van der Waals surface area contributed by atoms with E-state index < -0.39 is 11.9 Å². The zero-order valence-corrected chi connectivity index (χ0v) is 17.8. The van der Waals surface area contributed by atoms with Gasteiger partial charge < -0.3 is 16.4 Å². The molecule has 1 aliphatic rings. The number of carbonyl (C=O) groups is 3. The van der Waals surface area contributed by atoms with E-state index in [0.29, 0.717) is 16.1 Å². The summed E-state index contributed by atoms with van der Waals surface area (Å²) in [5, 5.41) is 13.3. The highest BCUT2D eigenvalue weighted by Gasteiger charge is 2.28. The van der Waals surface area contributed by atoms with Gasteiger partial charge in [0.05, 0.1) is 29.9 Å². The monoisotopic (exact) mass is 443 g/mol. The number of hydrogen-bond acceptors (Lipinski definition) is 4. The molecule has 1 heterocycles. The number of nitrogens with zero attached hydrogens (tertiary/aromatic N) is 1. The molecule has 5 N–H and O–H groups in total. The average Bonchev–Trinajstić information content (AvgIpc) is 3.23. The molecule has 1 atom stereocenters. The van der Waals surface area contributed by atoms with E-state index in [1.807, 2.05) is 0 Å². The van der Waals surface area contributed by atoms with Crippen LogP contribution in [0.5, 0.6) is 0 Å². The summed E-state index contributed by atoms with van der Waals surface area (Å²) in [6, 6.07) is 6.46. The number of nitrogens with one attached hydrogen (secondary N) is 3. The topological polar surface area (TPSA) is 130 Å². The van der Waals surface area contributed by atoms with Crippen molar-refractivity contribution in [1.82, 2.24) is 20.8 Å². The Morgan fingerprint density at radius 1 is 1.29 bits per heavy atom. The van der Waals surface area contributed by atoms with Gasteiger partial charge >= 0.3 is 0 Å². The third kappa shape index (κ3) is 5.95. The minimum absolute atomic E-state index is 0.0482. The fourth-order valence-corrected chi connectivity index (χ4v) is 4.19. The van der Waals surface area contributed by atoms with E-state index in [9.17, 15) is 14.4 Å². The summed E-state index contributed by atoms with van der Waals surface area (Å²) in [5.74, 6) is -0.915. The molecule has 164 valence electrons. The van der Waals surface area contributed by atoms with Crippen molar-refractivity contribution in [2.75, 3.05) is 0 Å². The van der Waals surface area contributed by atoms with Gasteiger partial charge in [-0.25, -0.2) is 0 Å². The van der Waals surface area contributed by atoms with E-state index in [4.69, 9.17) is 17.3 Å². The molecule has 0 bridgehead atoms. The molecule has 8 nitrogen and oxygen atoms in total. The Bertz CT molecular complexity index is 966. The second kappa shape index (κ2) is 10.3. The standard InChI is InChI=1S/C22H26ClN5O3/c1-2-20(30)26-16-8-6-13(7-9-16)21-17(12-25-28-21)22(31)27-18(11-19(24)29)14-4-3-5-15(23)10-14/h2-5,10,12-13,16,18H,1,6-9,11H2,(H2,24,29)(H,25,28)(H,26,30)(H,27,31)/t13?,16?,18-/m0/s1. The highest BCUT2D eigenvalue weighted by Crippen LogP contribution is 2.33. The number of carbonyl (C=O) groups excluding carboxylic acids is 3. The molecular weight excluding hydrogens is 418 g/mol. The van der Waals surface area contributed by atoms with Crippen LogP contribution in [-0.2, 0) is 9.59 Å². The maximum absolute atomic E-state index is 13.0. The lowest BCUT2D eigenvalue weighted by atomic mass is 9.83. The molecule has 9 heteroatoms. The molecule has 0 unspecified atom stereocenters. The van der Waals surface area contributed by atoms with Crippen molar-refractivity contribution in [1.29, 1.82) is 0 Å². The number of primary amides is 1. The number of aromatic nitrogens is 2. The first-order chi connectivity index (χ1) is 14.9. The van der Waals surface area contributed by atoms with Crippen LogP contribution in [-0.4, -0.2) is 34.0 Å². The fourth-order valence-electron chi connectivity index (χ4n) is 3.99. The summed E-state index contributed by atoms with van der Waals surface area (Å²) < 4.78 is 0. The van der Waals surface area contributed by atoms with Crippen molar-refractivity contribution < 1.29 is 14.4 Å². The molecule has 0 aliphatic heterocycles. The van der Waals surface area contributed by atoms with Gasteiger partial charge in [0.15, 0.2) is 0 Å². The molecular formula is C22H26ClN5O3. The minimum atomic E-state index is -0.601. The summed E-state index contributed by atoms with van der Waals surface area (Å²) in [4.78, 5) is 36.1. The lowest BCUT2D eigenvalue weighted by Crippen LogP contribution is -2.36. The quantitative estimate of drug-likeness (QED) is 0.467. The van der Waals surface area contributed by atoms with E-state index in [1.165, 1.54) is 12.3 Å². The van der Waals surface area contributed by atoms with Gasteiger partial charge in [-0.2, -0.15) is 5.10 Å². The first kappa shape index (κ1) is 22.6. The average molecular weight is 444 g/mol. The van der Waals surface area contributed by atoms with E-state index in [-0.39, 0.29) is 30.2 Å². The SMILES string of the molecule is C=CC(=O)NC1CCC(c2[nH]ncc2C(=O)N[C@@H](CC(N)=O)c2cccc(Cl)c2)CC1. The molecule has 3 rings (SSSR count). The summed E-state index contributed by atoms with van der Waals surface area (Å²) >= 11 is 6.07. The van der Waals surface area contributed by atoms with Crippen LogP contribution >= 0.6 is 11.6 Å². The Labute approximate surface area is 185 Å². The Morgan fingerprint density at radius 2 is 2.03 bits per heavy atom. The van der Waals surface area contributed by atoms with Gasteiger partial charge in [0.2, 0.25) is 11.8 Å². The summed E-state index contributed by atoms with van der Waals surface area (Å²) in [6.45, 7) is 3.47. The second-order valence-corrected chi connectivity index (χ2v) is 8.15. The largest absolute Gasteiger partial charge is 0.370 e. The van der Waals surface area contributed by atoms with Gasteiger partial charge in [-0.1, -0.05) is 30.3 Å². The molecule has 2 aromatic rings. The van der Waals surface area contributed by atoms with Crippen LogP contribution in [0, 0.1) is 0 Å². The first-order valence-electron chi connectivity index (χ1n) is 10.2. The van der Waals surface area contributed by atoms with Crippen molar-refractivity contribution in [2.45, 2.75) is 50.1 Å². The normalized spacial score (nSPS) is 19.3. The maximum Gasteiger partial charge on any atom is 0.255 e. The highest BCUT2D eigenvalue weighted by atomic mass is 35.5. The van der Waals surface area contributed by atoms with Crippen LogP contribution in [0.15, 0.2) is 43.1 Å². The van der Waals surface area contributed by atoms with Gasteiger partial charge in [0.1, 0.15) is 0 Å². The molecule has 0 radical (unpaired) electrons. The first-order valence-corrected chi connectivity index (χ1v) is 10.6. The number of amides is 3. The predicted molar refractivity (Wildman–Crippen MR) is 117 cm³/mol. The van der Waals surface area contributed by atoms with Gasteiger partial charge in [-0.05, 0) is 49.5 Å². The van der Waals surface area contributed by atoms with Crippen LogP contribution in [0.2, 0.25) is 5.02 Å². The molecule has 0 spiro atoms. The van der Waals surface area contributed by atoms with Crippen LogP contribution in [0.4, 0.5) is 0 Å². The van der Waals surface area contributed by atoms with Crippen molar-refractivity contribution in [2.24, 2.45) is 5.73 Å². The molecule has 3 amide bonds. The minimum Gasteiger partial charge on any atom is -0.370 e. The maximum atomic E-state index is 13.0. The Morgan fingerprint density at radius 3 is 2.68 bits per heavy atom. The smallest absolute Gasteiger partial charge is 0.255 e. The number of H-pyrrole nitrogens is 1. The molecule has 1 fully saturated rings. The van der Waals surface area contributed by atoms with E-state index in [1.54, 1.807) is 24.3 Å². The zero-order valence-electron chi connectivity index (χ0n) is 17.1. The van der Waals surface area contributed by atoms with Gasteiger partial charge in [0, 0.05) is 17.0 Å². The lowest BCUT2D eigenvalue weighted by Gasteiger charge is -2.28. The van der Waals surface area contributed by atoms with Crippen LogP contribution < -0.4 is 16.4 Å². The third-order valence-electron chi connectivity index (χ3n) is 5.54. The van der Waals surface area contributed by atoms with Gasteiger partial charge in [-0.15, -0.1) is 0 Å². The van der Waals surface area contributed by atoms with Gasteiger partial charge in [-0.3, -0.25) is 19.5 Å². The summed E-state index contributed by atoms with van der Waals surface area (Å²) in [7, 11) is 0. The molecule has 1 aromatic carbocycles. The van der Waals surface area contributed by atoms with Crippen LogP contribution in [0.1, 0.15) is 65.7 Å². The third-order valence-corrected chi connectivity index (χ3v) is 5.78. The number of nitrogens with two attached hydrogens (primary N) is 1. The molecule has 0 saturated heterocycles. The fraction of sp³-hybridized carbons (Fsp3) is 0.364. The summed E-state index contributed by atoms with van der Waals surface area (Å²) in [6.07, 6.45) is 5.94. The molecule has 31 heavy (non-hydrogen) atoms. The van der Waals surface area contributed by atoms with E-state index in [0.717, 1.165) is 31.4 Å². The van der Waals surface area contributed by atoms with Crippen molar-refractivity contribution in [3.05, 3.63) is 65.0 Å². The van der Waals surface area contributed by atoms with Crippen molar-refractivity contribution in [3.8, 4) is 0 Å². The molecule has 1 aliphatic carbocycles. The Hall–Kier alpha value is -3.13. The number of aromatic amines is 1. The predicted octanol–water partition coefficient (Wildman–Crippen LogP) is 2.74. The van der Waals surface area contributed by atoms with E-state index in [2.05, 4.69) is 27.4 Å². The lowest BCUT2D eigenvalue weighted by molar-refractivity contribution is -0.118. The zero-order chi connectivity index (χ0) is 22.4. The van der Waals surface area contributed by atoms with E-state index >= 15 is 0 Å². The molecule has 1 saturated carbocycles. The van der Waals surface area contributed by atoms with Crippen LogP contribution in [0.25, 0.3) is 0 Å². The van der Waals surface area contributed by atoms with Crippen molar-refractivity contribution >= 4 is 29.3 Å². The summed E-state index contributed by atoms with van der Waals surface area (Å²) in [5.41, 5.74) is 7.29. The molecule has 1 aromatic heterocycles. The Kier molecular flexibility index (Phi) is 7.46. The number of benzene rings is 1. The Balaban J connectivity index is 1.70. The van der Waals surface area contributed by atoms with Gasteiger partial charge in [0.25, 0.3) is 5.91 Å². The van der Waals surface area contributed by atoms with Crippen LogP contribution in [0.3, 0.4) is 0 Å². The second-order valence-electron chi connectivity index (χ2n) is 7.71. The number of halogens is 1. The highest BCUT2D eigenvalue weighted by molar-refractivity contribution is 6.30. The number of hydrogen-bond donors (Lipinski definition) is 4. The number of rotatable bonds is 8. The van der Waals surface area contributed by atoms with Crippen molar-refractivity contribution in [3.63, 3.8) is 0 Å².